The second kappa shape index (κ2) is 9.12. The average molecular weight is 417 g/mol. The van der Waals surface area contributed by atoms with Crippen LogP contribution in [0.25, 0.3) is 11.3 Å². The van der Waals surface area contributed by atoms with Crippen molar-refractivity contribution in [2.24, 2.45) is 5.92 Å². The highest BCUT2D eigenvalue weighted by Gasteiger charge is 2.26. The van der Waals surface area contributed by atoms with Crippen LogP contribution in [0.2, 0.25) is 0 Å². The summed E-state index contributed by atoms with van der Waals surface area (Å²) < 4.78 is 7.84. The Hall–Kier alpha value is -2.83. The number of nitrogens with zero attached hydrogens (tertiary/aromatic N) is 4. The number of rotatable bonds is 5. The molecule has 5 rings (SSSR count). The van der Waals surface area contributed by atoms with E-state index in [9.17, 15) is 4.79 Å². The largest absolute Gasteiger partial charge is 0.372 e. The predicted molar refractivity (Wildman–Crippen MR) is 120 cm³/mol. The lowest BCUT2D eigenvalue weighted by molar-refractivity contribution is 0.00796. The summed E-state index contributed by atoms with van der Waals surface area (Å²) in [6.45, 7) is 4.58. The van der Waals surface area contributed by atoms with Gasteiger partial charge in [-0.2, -0.15) is 0 Å². The molecular formula is C25H28N4O2. The standard InChI is InChI=1S/C25H28N4O2/c30-25-14-23(21-5-3-10-26-15-21)27-18-29(25)16-19-7-11-28(12-8-19)17-24-22-6-2-1-4-20(22)9-13-31-24/h1-6,10,14-15,18-19,24H,7-9,11-13,16-17H2. The van der Waals surface area contributed by atoms with Crippen LogP contribution in [0.5, 0.6) is 0 Å². The van der Waals surface area contributed by atoms with Gasteiger partial charge in [-0.3, -0.25) is 14.3 Å². The first-order valence-electron chi connectivity index (χ1n) is 11.1. The van der Waals surface area contributed by atoms with Gasteiger partial charge in [-0.15, -0.1) is 0 Å². The highest BCUT2D eigenvalue weighted by molar-refractivity contribution is 5.56. The number of hydrogen-bond acceptors (Lipinski definition) is 5. The Morgan fingerprint density at radius 3 is 2.74 bits per heavy atom. The van der Waals surface area contributed by atoms with Crippen molar-refractivity contribution in [2.75, 3.05) is 26.2 Å². The van der Waals surface area contributed by atoms with E-state index in [1.807, 2.05) is 12.1 Å². The number of benzene rings is 1. The van der Waals surface area contributed by atoms with Crippen molar-refractivity contribution >= 4 is 0 Å². The van der Waals surface area contributed by atoms with Crippen LogP contribution in [-0.4, -0.2) is 45.7 Å². The number of fused-ring (bicyclic) bond motifs is 1. The van der Waals surface area contributed by atoms with Crippen molar-refractivity contribution in [1.82, 2.24) is 19.4 Å². The third-order valence-electron chi connectivity index (χ3n) is 6.52. The SMILES string of the molecule is O=c1cc(-c2cccnc2)ncn1CC1CCN(CC2OCCc3ccccc32)CC1. The molecule has 3 aromatic rings. The molecule has 1 fully saturated rings. The zero-order chi connectivity index (χ0) is 21.0. The van der Waals surface area contributed by atoms with E-state index < -0.39 is 0 Å². The first-order valence-corrected chi connectivity index (χ1v) is 11.1. The van der Waals surface area contributed by atoms with Gasteiger partial charge in [0.1, 0.15) is 0 Å². The quantitative estimate of drug-likeness (QED) is 0.639. The molecule has 0 N–H and O–H groups in total. The first kappa shape index (κ1) is 20.1. The van der Waals surface area contributed by atoms with Gasteiger partial charge in [0.2, 0.25) is 0 Å². The zero-order valence-corrected chi connectivity index (χ0v) is 17.7. The molecule has 31 heavy (non-hydrogen) atoms. The lowest BCUT2D eigenvalue weighted by Gasteiger charge is -2.36. The maximum absolute atomic E-state index is 12.6. The Kier molecular flexibility index (Phi) is 5.91. The van der Waals surface area contributed by atoms with Crippen molar-refractivity contribution in [3.05, 3.63) is 82.7 Å². The minimum atomic E-state index is 0.00324. The van der Waals surface area contributed by atoms with Crippen LogP contribution in [0.3, 0.4) is 0 Å². The van der Waals surface area contributed by atoms with Gasteiger partial charge in [0.15, 0.2) is 0 Å². The first-order chi connectivity index (χ1) is 15.3. The fourth-order valence-electron chi connectivity index (χ4n) is 4.73. The van der Waals surface area contributed by atoms with E-state index in [1.54, 1.807) is 29.4 Å². The van der Waals surface area contributed by atoms with Crippen molar-refractivity contribution in [3.8, 4) is 11.3 Å². The molecule has 2 aromatic heterocycles. The van der Waals surface area contributed by atoms with E-state index >= 15 is 0 Å². The third kappa shape index (κ3) is 4.60. The second-order valence-electron chi connectivity index (χ2n) is 8.56. The molecule has 1 atom stereocenters. The van der Waals surface area contributed by atoms with E-state index in [0.29, 0.717) is 11.6 Å². The van der Waals surface area contributed by atoms with E-state index in [1.165, 1.54) is 11.1 Å². The lowest BCUT2D eigenvalue weighted by Crippen LogP contribution is -2.39. The van der Waals surface area contributed by atoms with Gasteiger partial charge in [0.25, 0.3) is 5.56 Å². The topological polar surface area (TPSA) is 60.2 Å². The zero-order valence-electron chi connectivity index (χ0n) is 17.7. The normalized spacial score (nSPS) is 19.8. The molecule has 0 amide bonds. The number of aromatic nitrogens is 3. The van der Waals surface area contributed by atoms with Crippen LogP contribution in [-0.2, 0) is 17.7 Å². The maximum atomic E-state index is 12.6. The molecule has 0 saturated carbocycles. The van der Waals surface area contributed by atoms with Gasteiger partial charge in [0, 0.05) is 37.1 Å². The van der Waals surface area contributed by atoms with Crippen molar-refractivity contribution in [3.63, 3.8) is 0 Å². The summed E-state index contributed by atoms with van der Waals surface area (Å²) in [7, 11) is 0. The molecule has 2 aliphatic heterocycles. The molecule has 0 bridgehead atoms. The van der Waals surface area contributed by atoms with Crippen molar-refractivity contribution in [1.29, 1.82) is 0 Å². The van der Waals surface area contributed by atoms with E-state index in [4.69, 9.17) is 4.74 Å². The van der Waals surface area contributed by atoms with Gasteiger partial charge in [0.05, 0.1) is 24.7 Å². The Bertz CT molecular complexity index is 1070. The number of piperidine rings is 1. The molecule has 2 aliphatic rings. The molecule has 1 unspecified atom stereocenters. The third-order valence-corrected chi connectivity index (χ3v) is 6.52. The molecule has 6 heteroatoms. The molecule has 160 valence electrons. The Balaban J connectivity index is 1.17. The van der Waals surface area contributed by atoms with Crippen LogP contribution in [0, 0.1) is 5.92 Å². The van der Waals surface area contributed by atoms with Crippen molar-refractivity contribution in [2.45, 2.75) is 31.9 Å². The molecule has 4 heterocycles. The molecule has 6 nitrogen and oxygen atoms in total. The predicted octanol–water partition coefficient (Wildman–Crippen LogP) is 3.33. The number of pyridine rings is 1. The highest BCUT2D eigenvalue weighted by atomic mass is 16.5. The maximum Gasteiger partial charge on any atom is 0.253 e. The summed E-state index contributed by atoms with van der Waals surface area (Å²) in [5, 5.41) is 0. The van der Waals surface area contributed by atoms with Gasteiger partial charge < -0.3 is 9.64 Å². The lowest BCUT2D eigenvalue weighted by atomic mass is 9.94. The fraction of sp³-hybridized carbons (Fsp3) is 0.400. The number of hydrogen-bond donors (Lipinski definition) is 0. The second-order valence-corrected chi connectivity index (χ2v) is 8.56. The van der Waals surface area contributed by atoms with Gasteiger partial charge in [-0.05, 0) is 61.5 Å². The average Bonchev–Trinajstić information content (AvgIpc) is 2.82. The summed E-state index contributed by atoms with van der Waals surface area (Å²) in [5.41, 5.74) is 4.32. The smallest absolute Gasteiger partial charge is 0.253 e. The Morgan fingerprint density at radius 2 is 1.94 bits per heavy atom. The molecule has 0 aliphatic carbocycles. The van der Waals surface area contributed by atoms with Gasteiger partial charge in [-0.25, -0.2) is 4.98 Å². The molecule has 0 radical (unpaired) electrons. The number of ether oxygens (including phenoxy) is 1. The van der Waals surface area contributed by atoms with Crippen LogP contribution in [0.4, 0.5) is 0 Å². The summed E-state index contributed by atoms with van der Waals surface area (Å²) in [5.74, 6) is 0.500. The highest BCUT2D eigenvalue weighted by Crippen LogP contribution is 2.29. The van der Waals surface area contributed by atoms with E-state index in [2.05, 4.69) is 39.1 Å². The molecule has 1 aromatic carbocycles. The minimum absolute atomic E-state index is 0.00324. The van der Waals surface area contributed by atoms with Gasteiger partial charge >= 0.3 is 0 Å². The number of likely N-dealkylation sites (tertiary alicyclic amines) is 1. The fourth-order valence-corrected chi connectivity index (χ4v) is 4.73. The summed E-state index contributed by atoms with van der Waals surface area (Å²) in [6.07, 6.45) is 8.50. The van der Waals surface area contributed by atoms with Gasteiger partial charge in [-0.1, -0.05) is 24.3 Å². The monoisotopic (exact) mass is 416 g/mol. The molecule has 1 saturated heterocycles. The molecule has 0 spiro atoms. The van der Waals surface area contributed by atoms with Crippen LogP contribution in [0.15, 0.2) is 66.0 Å². The van der Waals surface area contributed by atoms with Crippen LogP contribution >= 0.6 is 0 Å². The van der Waals surface area contributed by atoms with Crippen LogP contribution < -0.4 is 5.56 Å². The van der Waals surface area contributed by atoms with E-state index in [-0.39, 0.29) is 11.7 Å². The van der Waals surface area contributed by atoms with Crippen LogP contribution in [0.1, 0.15) is 30.1 Å². The minimum Gasteiger partial charge on any atom is -0.372 e. The Morgan fingerprint density at radius 1 is 1.06 bits per heavy atom. The summed E-state index contributed by atoms with van der Waals surface area (Å²) in [6, 6.07) is 14.0. The molecular weight excluding hydrogens is 388 g/mol. The van der Waals surface area contributed by atoms with Crippen molar-refractivity contribution < 1.29 is 4.74 Å². The summed E-state index contributed by atoms with van der Waals surface area (Å²) >= 11 is 0. The van der Waals surface area contributed by atoms with E-state index in [0.717, 1.165) is 57.6 Å². The summed E-state index contributed by atoms with van der Waals surface area (Å²) in [4.78, 5) is 23.7. The Labute approximate surface area is 182 Å².